The van der Waals surface area contributed by atoms with Gasteiger partial charge in [0, 0.05) is 0 Å². The lowest BCUT2D eigenvalue weighted by Gasteiger charge is -2.27. The highest BCUT2D eigenvalue weighted by molar-refractivity contribution is 7.89. The van der Waals surface area contributed by atoms with Crippen LogP contribution in [0.5, 0.6) is 0 Å². The van der Waals surface area contributed by atoms with Crippen molar-refractivity contribution < 1.29 is 8.42 Å². The van der Waals surface area contributed by atoms with Crippen LogP contribution < -0.4 is 4.83 Å². The number of rotatable bonds is 4. The second-order valence-corrected chi connectivity index (χ2v) is 7.51. The number of nitrogens with one attached hydrogen (secondary N) is 1. The molecule has 2 rings (SSSR count). The summed E-state index contributed by atoms with van der Waals surface area (Å²) in [6.45, 7) is 6.28. The second-order valence-electron chi connectivity index (χ2n) is 5.85. The molecule has 21 heavy (non-hydrogen) atoms. The lowest BCUT2D eigenvalue weighted by atomic mass is 9.78. The van der Waals surface area contributed by atoms with Crippen LogP contribution in [-0.2, 0) is 10.0 Å². The van der Waals surface area contributed by atoms with Crippen molar-refractivity contribution in [2.24, 2.45) is 10.5 Å². The third-order valence-electron chi connectivity index (χ3n) is 4.08. The molecule has 4 nitrogen and oxygen atoms in total. The third-order valence-corrected chi connectivity index (χ3v) is 5.30. The highest BCUT2D eigenvalue weighted by atomic mass is 32.2. The average Bonchev–Trinajstić information content (AvgIpc) is 2.47. The number of hydrogen-bond acceptors (Lipinski definition) is 3. The molecule has 1 aliphatic carbocycles. The van der Waals surface area contributed by atoms with Crippen LogP contribution in [0, 0.1) is 12.3 Å². The van der Waals surface area contributed by atoms with E-state index in [-0.39, 0.29) is 10.3 Å². The van der Waals surface area contributed by atoms with Gasteiger partial charge in [-0.25, -0.2) is 0 Å². The van der Waals surface area contributed by atoms with Crippen molar-refractivity contribution in [2.75, 3.05) is 0 Å². The van der Waals surface area contributed by atoms with E-state index < -0.39 is 10.0 Å². The molecule has 1 N–H and O–H groups in total. The van der Waals surface area contributed by atoms with Crippen molar-refractivity contribution in [1.29, 1.82) is 0 Å². The van der Waals surface area contributed by atoms with Crippen LogP contribution in [0.3, 0.4) is 0 Å². The smallest absolute Gasteiger partial charge is 0.200 e. The molecule has 114 valence electrons. The number of benzene rings is 1. The molecule has 1 atom stereocenters. The standard InChI is InChI=1S/C16H22N2O2S/c1-4-16(3)11-9-14(10-12-16)17-18-21(19,20)15-7-5-13(2)6-8-15/h5-9,11,18H,4,10,12H2,1-3H3/t16-/m1/s1. The predicted molar refractivity (Wildman–Crippen MR) is 85.7 cm³/mol. The van der Waals surface area contributed by atoms with E-state index in [0.717, 1.165) is 30.5 Å². The summed E-state index contributed by atoms with van der Waals surface area (Å²) in [7, 11) is -3.58. The van der Waals surface area contributed by atoms with Crippen LogP contribution in [0.15, 0.2) is 46.4 Å². The van der Waals surface area contributed by atoms with Crippen molar-refractivity contribution in [3.63, 3.8) is 0 Å². The first kappa shape index (κ1) is 15.8. The third kappa shape index (κ3) is 3.94. The molecule has 1 aliphatic rings. The van der Waals surface area contributed by atoms with Crippen molar-refractivity contribution in [3.8, 4) is 0 Å². The van der Waals surface area contributed by atoms with Gasteiger partial charge in [-0.3, -0.25) is 0 Å². The number of allylic oxidation sites excluding steroid dienone is 2. The van der Waals surface area contributed by atoms with E-state index in [2.05, 4.69) is 29.9 Å². The highest BCUT2D eigenvalue weighted by Crippen LogP contribution is 2.32. The Hall–Kier alpha value is -1.62. The first-order chi connectivity index (χ1) is 9.85. The zero-order chi connectivity index (χ0) is 15.5. The first-order valence-electron chi connectivity index (χ1n) is 7.19. The highest BCUT2D eigenvalue weighted by Gasteiger charge is 2.23. The van der Waals surface area contributed by atoms with Crippen LogP contribution >= 0.6 is 0 Å². The molecule has 0 unspecified atom stereocenters. The Kier molecular flexibility index (Phi) is 4.52. The number of hydrogen-bond donors (Lipinski definition) is 1. The molecule has 0 saturated carbocycles. The van der Waals surface area contributed by atoms with Gasteiger partial charge in [0.15, 0.2) is 0 Å². The van der Waals surface area contributed by atoms with E-state index in [1.807, 2.05) is 13.0 Å². The van der Waals surface area contributed by atoms with Crippen LogP contribution in [0.4, 0.5) is 0 Å². The summed E-state index contributed by atoms with van der Waals surface area (Å²) in [6, 6.07) is 6.72. The van der Waals surface area contributed by atoms with Crippen LogP contribution in [-0.4, -0.2) is 14.1 Å². The van der Waals surface area contributed by atoms with Crippen molar-refractivity contribution >= 4 is 15.7 Å². The predicted octanol–water partition coefficient (Wildman–Crippen LogP) is 3.40. The summed E-state index contributed by atoms with van der Waals surface area (Å²) in [5.41, 5.74) is 2.00. The average molecular weight is 306 g/mol. The van der Waals surface area contributed by atoms with Gasteiger partial charge < -0.3 is 0 Å². The fourth-order valence-electron chi connectivity index (χ4n) is 2.15. The van der Waals surface area contributed by atoms with Crippen molar-refractivity contribution in [1.82, 2.24) is 4.83 Å². The molecule has 0 bridgehead atoms. The Bertz CT molecular complexity index is 660. The number of aryl methyl sites for hydroxylation is 1. The maximum atomic E-state index is 12.1. The molecule has 0 amide bonds. The van der Waals surface area contributed by atoms with Gasteiger partial charge in [0.25, 0.3) is 10.0 Å². The lowest BCUT2D eigenvalue weighted by molar-refractivity contribution is 0.379. The Morgan fingerprint density at radius 3 is 2.48 bits per heavy atom. The van der Waals surface area contributed by atoms with Gasteiger partial charge in [-0.15, -0.1) is 0 Å². The first-order valence-corrected chi connectivity index (χ1v) is 8.67. The topological polar surface area (TPSA) is 58.5 Å². The van der Waals surface area contributed by atoms with Gasteiger partial charge in [0.2, 0.25) is 0 Å². The summed E-state index contributed by atoms with van der Waals surface area (Å²) in [6.07, 6.45) is 6.90. The Balaban J connectivity index is 2.10. The van der Waals surface area contributed by atoms with Gasteiger partial charge in [-0.2, -0.15) is 18.4 Å². The SMILES string of the molecule is CC[C@]1(C)C=CC(=NNS(=O)(=O)c2ccc(C)cc2)CC1. The molecule has 1 aromatic rings. The number of nitrogens with zero attached hydrogens (tertiary/aromatic N) is 1. The van der Waals surface area contributed by atoms with Gasteiger partial charge in [-0.1, -0.05) is 37.6 Å². The maximum Gasteiger partial charge on any atom is 0.276 e. The zero-order valence-electron chi connectivity index (χ0n) is 12.8. The molecular formula is C16H22N2O2S. The largest absolute Gasteiger partial charge is 0.276 e. The van der Waals surface area contributed by atoms with E-state index in [1.165, 1.54) is 0 Å². The maximum absolute atomic E-state index is 12.1. The fraction of sp³-hybridized carbons (Fsp3) is 0.438. The van der Waals surface area contributed by atoms with Gasteiger partial charge in [-0.05, 0) is 49.8 Å². The van der Waals surface area contributed by atoms with Gasteiger partial charge >= 0.3 is 0 Å². The lowest BCUT2D eigenvalue weighted by Crippen LogP contribution is -2.23. The van der Waals surface area contributed by atoms with Crippen LogP contribution in [0.25, 0.3) is 0 Å². The Morgan fingerprint density at radius 1 is 1.29 bits per heavy atom. The Labute approximate surface area is 127 Å². The Morgan fingerprint density at radius 2 is 1.95 bits per heavy atom. The van der Waals surface area contributed by atoms with E-state index in [0.29, 0.717) is 0 Å². The molecular weight excluding hydrogens is 284 g/mol. The summed E-state index contributed by atoms with van der Waals surface area (Å²) in [5, 5.41) is 4.05. The molecule has 0 aliphatic heterocycles. The number of sulfonamides is 1. The molecule has 0 spiro atoms. The molecule has 5 heteroatoms. The monoisotopic (exact) mass is 306 g/mol. The minimum Gasteiger partial charge on any atom is -0.200 e. The molecule has 0 fully saturated rings. The van der Waals surface area contributed by atoms with Crippen molar-refractivity contribution in [3.05, 3.63) is 42.0 Å². The summed E-state index contributed by atoms with van der Waals surface area (Å²) < 4.78 is 24.3. The molecule has 0 radical (unpaired) electrons. The normalized spacial score (nSPS) is 24.2. The van der Waals surface area contributed by atoms with Crippen LogP contribution in [0.2, 0.25) is 0 Å². The van der Waals surface area contributed by atoms with Crippen LogP contribution in [0.1, 0.15) is 38.7 Å². The summed E-state index contributed by atoms with van der Waals surface area (Å²) in [5.74, 6) is 0. The molecule has 0 heterocycles. The molecule has 1 aromatic carbocycles. The van der Waals surface area contributed by atoms with E-state index >= 15 is 0 Å². The quantitative estimate of drug-likeness (QED) is 0.867. The van der Waals surface area contributed by atoms with E-state index in [4.69, 9.17) is 0 Å². The number of hydrazone groups is 1. The minimum absolute atomic E-state index is 0.203. The van der Waals surface area contributed by atoms with E-state index in [9.17, 15) is 8.42 Å². The minimum atomic E-state index is -3.58. The zero-order valence-corrected chi connectivity index (χ0v) is 13.6. The molecule has 0 aromatic heterocycles. The van der Waals surface area contributed by atoms with Gasteiger partial charge in [0.05, 0.1) is 10.6 Å². The molecule has 0 saturated heterocycles. The summed E-state index contributed by atoms with van der Waals surface area (Å²) in [4.78, 5) is 2.55. The van der Waals surface area contributed by atoms with Crippen molar-refractivity contribution in [2.45, 2.75) is 44.9 Å². The summed E-state index contributed by atoms with van der Waals surface area (Å²) >= 11 is 0. The fourth-order valence-corrected chi connectivity index (χ4v) is 2.99. The van der Waals surface area contributed by atoms with E-state index in [1.54, 1.807) is 24.3 Å². The second kappa shape index (κ2) is 6.02. The van der Waals surface area contributed by atoms with Gasteiger partial charge in [0.1, 0.15) is 0 Å².